The number of nitrogens with one attached hydrogen (secondary N) is 2. The van der Waals surface area contributed by atoms with Crippen molar-refractivity contribution in [2.45, 2.75) is 13.0 Å². The van der Waals surface area contributed by atoms with Gasteiger partial charge >= 0.3 is 0 Å². The average Bonchev–Trinajstić information content (AvgIpc) is 2.65. The van der Waals surface area contributed by atoms with Crippen LogP contribution >= 0.6 is 23.2 Å². The summed E-state index contributed by atoms with van der Waals surface area (Å²) in [7, 11) is 0. The fourth-order valence-electron chi connectivity index (χ4n) is 2.15. The standard InChI is InChI=1S/C21H20Cl2N2O2/c1-15(25-21(27)13-7-17-4-10-19(23)11-5-17)14-24-20(26)12-6-16-2-8-18(22)9-3-16/h2-13,15H,14H2,1H3,(H,24,26)(H,25,27). The molecule has 0 saturated carbocycles. The molecule has 0 bridgehead atoms. The predicted molar refractivity (Wildman–Crippen MR) is 112 cm³/mol. The molecule has 0 aromatic heterocycles. The highest BCUT2D eigenvalue weighted by Crippen LogP contribution is 2.11. The first-order valence-electron chi connectivity index (χ1n) is 8.38. The van der Waals surface area contributed by atoms with Gasteiger partial charge in [0.1, 0.15) is 0 Å². The number of hydrogen-bond donors (Lipinski definition) is 2. The smallest absolute Gasteiger partial charge is 0.244 e. The zero-order valence-electron chi connectivity index (χ0n) is 14.8. The fourth-order valence-corrected chi connectivity index (χ4v) is 2.40. The first-order chi connectivity index (χ1) is 12.9. The van der Waals surface area contributed by atoms with Gasteiger partial charge in [-0.1, -0.05) is 47.5 Å². The second kappa shape index (κ2) is 10.6. The van der Waals surface area contributed by atoms with Gasteiger partial charge in [-0.3, -0.25) is 9.59 Å². The van der Waals surface area contributed by atoms with Gasteiger partial charge in [0.25, 0.3) is 0 Å². The molecule has 1 atom stereocenters. The van der Waals surface area contributed by atoms with Gasteiger partial charge in [0.2, 0.25) is 11.8 Å². The van der Waals surface area contributed by atoms with Crippen molar-refractivity contribution in [2.24, 2.45) is 0 Å². The highest BCUT2D eigenvalue weighted by atomic mass is 35.5. The summed E-state index contributed by atoms with van der Waals surface area (Å²) < 4.78 is 0. The molecule has 2 amide bonds. The first-order valence-corrected chi connectivity index (χ1v) is 9.13. The molecule has 2 rings (SSSR count). The maximum Gasteiger partial charge on any atom is 0.244 e. The van der Waals surface area contributed by atoms with Gasteiger partial charge < -0.3 is 10.6 Å². The van der Waals surface area contributed by atoms with E-state index in [0.29, 0.717) is 16.6 Å². The maximum absolute atomic E-state index is 11.9. The van der Waals surface area contributed by atoms with Crippen LogP contribution in [0.3, 0.4) is 0 Å². The molecule has 27 heavy (non-hydrogen) atoms. The topological polar surface area (TPSA) is 58.2 Å². The van der Waals surface area contributed by atoms with Crippen LogP contribution in [0.2, 0.25) is 10.0 Å². The Kier molecular flexibility index (Phi) is 8.11. The number of halogens is 2. The molecule has 0 fully saturated rings. The Morgan fingerprint density at radius 2 is 1.30 bits per heavy atom. The predicted octanol–water partition coefficient (Wildman–Crippen LogP) is 4.34. The summed E-state index contributed by atoms with van der Waals surface area (Å²) >= 11 is 11.6. The highest BCUT2D eigenvalue weighted by molar-refractivity contribution is 6.30. The first kappa shape index (κ1) is 20.7. The minimum atomic E-state index is -0.234. The summed E-state index contributed by atoms with van der Waals surface area (Å²) in [6.45, 7) is 2.14. The average molecular weight is 403 g/mol. The van der Waals surface area contributed by atoms with Gasteiger partial charge in [-0.25, -0.2) is 0 Å². The molecule has 2 aromatic carbocycles. The molecule has 0 saturated heterocycles. The van der Waals surface area contributed by atoms with Crippen molar-refractivity contribution >= 4 is 47.2 Å². The normalized spacial score (nSPS) is 12.3. The molecule has 1 unspecified atom stereocenters. The molecule has 6 heteroatoms. The minimum Gasteiger partial charge on any atom is -0.351 e. The second-order valence-electron chi connectivity index (χ2n) is 5.92. The van der Waals surface area contributed by atoms with Crippen LogP contribution in [0, 0.1) is 0 Å². The molecular formula is C21H20Cl2N2O2. The highest BCUT2D eigenvalue weighted by Gasteiger charge is 2.05. The summed E-state index contributed by atoms with van der Waals surface area (Å²) in [4.78, 5) is 23.8. The Bertz CT molecular complexity index is 828. The Morgan fingerprint density at radius 1 is 0.852 bits per heavy atom. The van der Waals surface area contributed by atoms with Crippen LogP contribution in [-0.2, 0) is 9.59 Å². The largest absolute Gasteiger partial charge is 0.351 e. The second-order valence-corrected chi connectivity index (χ2v) is 6.80. The van der Waals surface area contributed by atoms with Crippen LogP contribution in [0.5, 0.6) is 0 Å². The van der Waals surface area contributed by atoms with Crippen molar-refractivity contribution < 1.29 is 9.59 Å². The maximum atomic E-state index is 11.9. The number of rotatable bonds is 7. The summed E-state index contributed by atoms with van der Waals surface area (Å²) in [6, 6.07) is 14.1. The van der Waals surface area contributed by atoms with Crippen LogP contribution in [0.25, 0.3) is 12.2 Å². The van der Waals surface area contributed by atoms with E-state index in [1.807, 2.05) is 31.2 Å². The number of hydrogen-bond acceptors (Lipinski definition) is 2. The Labute approximate surface area is 168 Å². The Hall–Kier alpha value is -2.56. The number of carbonyl (C=O) groups is 2. The molecule has 2 N–H and O–H groups in total. The molecule has 2 aromatic rings. The third-order valence-electron chi connectivity index (χ3n) is 3.57. The van der Waals surface area contributed by atoms with E-state index in [1.165, 1.54) is 12.2 Å². The van der Waals surface area contributed by atoms with Gasteiger partial charge in [0.05, 0.1) is 0 Å². The molecule has 0 spiro atoms. The lowest BCUT2D eigenvalue weighted by Crippen LogP contribution is -2.40. The van der Waals surface area contributed by atoms with Gasteiger partial charge in [0, 0.05) is 34.8 Å². The summed E-state index contributed by atoms with van der Waals surface area (Å²) in [5.74, 6) is -0.467. The van der Waals surface area contributed by atoms with Crippen molar-refractivity contribution in [3.8, 4) is 0 Å². The Morgan fingerprint density at radius 3 is 1.78 bits per heavy atom. The van der Waals surface area contributed by atoms with Crippen molar-refractivity contribution in [3.63, 3.8) is 0 Å². The van der Waals surface area contributed by atoms with E-state index in [1.54, 1.807) is 36.4 Å². The molecule has 0 radical (unpaired) electrons. The summed E-state index contributed by atoms with van der Waals surface area (Å²) in [5, 5.41) is 6.82. The molecule has 4 nitrogen and oxygen atoms in total. The van der Waals surface area contributed by atoms with E-state index in [2.05, 4.69) is 10.6 Å². The number of carbonyl (C=O) groups excluding carboxylic acids is 2. The third kappa shape index (κ3) is 8.11. The number of amides is 2. The number of benzene rings is 2. The lowest BCUT2D eigenvalue weighted by molar-refractivity contribution is -0.118. The molecular weight excluding hydrogens is 383 g/mol. The van der Waals surface area contributed by atoms with Crippen molar-refractivity contribution in [1.82, 2.24) is 10.6 Å². The van der Waals surface area contributed by atoms with Gasteiger partial charge in [0.15, 0.2) is 0 Å². The SMILES string of the molecule is CC(CNC(=O)C=Cc1ccc(Cl)cc1)NC(=O)C=Cc1ccc(Cl)cc1. The zero-order chi connectivity index (χ0) is 19.6. The van der Waals surface area contributed by atoms with Crippen LogP contribution in [0.1, 0.15) is 18.1 Å². The van der Waals surface area contributed by atoms with E-state index in [-0.39, 0.29) is 17.9 Å². The third-order valence-corrected chi connectivity index (χ3v) is 4.07. The summed E-state index contributed by atoms with van der Waals surface area (Å²) in [6.07, 6.45) is 6.29. The quantitative estimate of drug-likeness (QED) is 0.676. The molecule has 0 heterocycles. The fraction of sp³-hybridized carbons (Fsp3) is 0.143. The minimum absolute atomic E-state index is 0.208. The molecule has 0 aliphatic heterocycles. The van der Waals surface area contributed by atoms with Crippen LogP contribution in [0.15, 0.2) is 60.7 Å². The van der Waals surface area contributed by atoms with E-state index in [9.17, 15) is 9.59 Å². The Balaban J connectivity index is 1.73. The van der Waals surface area contributed by atoms with Crippen molar-refractivity contribution in [1.29, 1.82) is 0 Å². The van der Waals surface area contributed by atoms with E-state index < -0.39 is 0 Å². The molecule has 140 valence electrons. The van der Waals surface area contributed by atoms with Gasteiger partial charge in [-0.15, -0.1) is 0 Å². The van der Waals surface area contributed by atoms with Gasteiger partial charge in [-0.05, 0) is 54.5 Å². The summed E-state index contributed by atoms with van der Waals surface area (Å²) in [5.41, 5.74) is 1.76. The monoisotopic (exact) mass is 402 g/mol. The lowest BCUT2D eigenvalue weighted by atomic mass is 10.2. The van der Waals surface area contributed by atoms with Crippen LogP contribution in [0.4, 0.5) is 0 Å². The van der Waals surface area contributed by atoms with Gasteiger partial charge in [-0.2, -0.15) is 0 Å². The zero-order valence-corrected chi connectivity index (χ0v) is 16.3. The van der Waals surface area contributed by atoms with Crippen molar-refractivity contribution in [3.05, 3.63) is 81.9 Å². The van der Waals surface area contributed by atoms with Crippen LogP contribution in [-0.4, -0.2) is 24.4 Å². The molecule has 0 aliphatic carbocycles. The van der Waals surface area contributed by atoms with E-state index in [0.717, 1.165) is 11.1 Å². The van der Waals surface area contributed by atoms with E-state index in [4.69, 9.17) is 23.2 Å². The lowest BCUT2D eigenvalue weighted by Gasteiger charge is -2.12. The molecule has 0 aliphatic rings. The van der Waals surface area contributed by atoms with Crippen LogP contribution < -0.4 is 10.6 Å². The van der Waals surface area contributed by atoms with E-state index >= 15 is 0 Å². The van der Waals surface area contributed by atoms with Crippen molar-refractivity contribution in [2.75, 3.05) is 6.54 Å².